The molecule has 0 aliphatic carbocycles. The first-order valence-electron chi connectivity index (χ1n) is 6.83. The van der Waals surface area contributed by atoms with Crippen molar-refractivity contribution in [2.45, 2.75) is 39.4 Å². The van der Waals surface area contributed by atoms with Crippen LogP contribution in [0.4, 0.5) is 17.6 Å². The molecule has 0 heterocycles. The first kappa shape index (κ1) is 17.9. The minimum Gasteiger partial charge on any atom is -0.396 e. The molecule has 0 aliphatic rings. The van der Waals surface area contributed by atoms with Crippen LogP contribution in [-0.4, -0.2) is 18.3 Å². The van der Waals surface area contributed by atoms with Crippen LogP contribution in [0.25, 0.3) is 0 Å². The molecule has 2 N–H and O–H groups in total. The van der Waals surface area contributed by atoms with Gasteiger partial charge in [0.25, 0.3) is 0 Å². The zero-order chi connectivity index (χ0) is 16.1. The molecule has 0 amide bonds. The smallest absolute Gasteiger partial charge is 0.396 e. The van der Waals surface area contributed by atoms with Gasteiger partial charge in [0, 0.05) is 19.7 Å². The lowest BCUT2D eigenvalue weighted by molar-refractivity contribution is -0.138. The van der Waals surface area contributed by atoms with Crippen molar-refractivity contribution < 1.29 is 22.7 Å². The van der Waals surface area contributed by atoms with E-state index in [-0.39, 0.29) is 24.1 Å². The van der Waals surface area contributed by atoms with Gasteiger partial charge >= 0.3 is 6.18 Å². The van der Waals surface area contributed by atoms with E-state index in [2.05, 4.69) is 5.32 Å². The van der Waals surface area contributed by atoms with Crippen LogP contribution >= 0.6 is 0 Å². The standard InChI is InChI=1S/C15H21F4NO/c1-14(2,6-3-7-21)10-20-9-11-4-5-12(16)8-13(11)15(17,18)19/h4-5,8,20-21H,3,6-7,9-10H2,1-2H3. The summed E-state index contributed by atoms with van der Waals surface area (Å²) < 4.78 is 51.5. The number of hydrogen-bond acceptors (Lipinski definition) is 2. The maximum Gasteiger partial charge on any atom is 0.416 e. The topological polar surface area (TPSA) is 32.3 Å². The number of hydrogen-bond donors (Lipinski definition) is 2. The average Bonchev–Trinajstić information content (AvgIpc) is 2.37. The first-order valence-corrected chi connectivity index (χ1v) is 6.83. The molecule has 0 radical (unpaired) electrons. The molecule has 120 valence electrons. The molecular formula is C15H21F4NO. The fourth-order valence-corrected chi connectivity index (χ4v) is 2.15. The Morgan fingerprint density at radius 3 is 2.43 bits per heavy atom. The minimum atomic E-state index is -4.56. The van der Waals surface area contributed by atoms with E-state index in [0.29, 0.717) is 19.0 Å². The van der Waals surface area contributed by atoms with Gasteiger partial charge < -0.3 is 10.4 Å². The molecular weight excluding hydrogens is 286 g/mol. The van der Waals surface area contributed by atoms with Crippen molar-refractivity contribution >= 4 is 0 Å². The van der Waals surface area contributed by atoms with Gasteiger partial charge in [-0.1, -0.05) is 19.9 Å². The molecule has 6 heteroatoms. The second-order valence-corrected chi connectivity index (χ2v) is 5.89. The predicted molar refractivity (Wildman–Crippen MR) is 73.2 cm³/mol. The summed E-state index contributed by atoms with van der Waals surface area (Å²) >= 11 is 0. The maximum absolute atomic E-state index is 13.0. The van der Waals surface area contributed by atoms with Crippen molar-refractivity contribution in [1.82, 2.24) is 5.32 Å². The van der Waals surface area contributed by atoms with Crippen LogP contribution in [0.1, 0.15) is 37.8 Å². The molecule has 1 rings (SSSR count). The number of aliphatic hydroxyl groups is 1. The molecule has 2 nitrogen and oxygen atoms in total. The summed E-state index contributed by atoms with van der Waals surface area (Å²) in [5, 5.41) is 11.8. The molecule has 0 aliphatic heterocycles. The highest BCUT2D eigenvalue weighted by molar-refractivity contribution is 5.30. The van der Waals surface area contributed by atoms with Crippen LogP contribution in [0.2, 0.25) is 0 Å². The Bertz CT molecular complexity index is 457. The molecule has 0 fully saturated rings. The minimum absolute atomic E-state index is 0.0255. The summed E-state index contributed by atoms with van der Waals surface area (Å²) in [6.07, 6.45) is -3.14. The molecule has 0 aromatic heterocycles. The van der Waals surface area contributed by atoms with E-state index >= 15 is 0 Å². The Labute approximate surface area is 122 Å². The van der Waals surface area contributed by atoms with Crippen molar-refractivity contribution in [2.75, 3.05) is 13.2 Å². The molecule has 0 saturated heterocycles. The van der Waals surface area contributed by atoms with Crippen LogP contribution in [0.3, 0.4) is 0 Å². The van der Waals surface area contributed by atoms with Gasteiger partial charge in [0.05, 0.1) is 5.56 Å². The summed E-state index contributed by atoms with van der Waals surface area (Å²) in [4.78, 5) is 0. The second-order valence-electron chi connectivity index (χ2n) is 5.89. The fraction of sp³-hybridized carbons (Fsp3) is 0.600. The Morgan fingerprint density at radius 2 is 1.86 bits per heavy atom. The molecule has 0 saturated carbocycles. The third kappa shape index (κ3) is 6.01. The van der Waals surface area contributed by atoms with Gasteiger partial charge in [-0.05, 0) is 36.0 Å². The zero-order valence-corrected chi connectivity index (χ0v) is 12.2. The summed E-state index contributed by atoms with van der Waals surface area (Å²) in [6.45, 7) is 4.59. The SMILES string of the molecule is CC(C)(CCCO)CNCc1ccc(F)cc1C(F)(F)F. The van der Waals surface area contributed by atoms with Crippen molar-refractivity contribution in [3.8, 4) is 0 Å². The van der Waals surface area contributed by atoms with Gasteiger partial charge in [-0.15, -0.1) is 0 Å². The van der Waals surface area contributed by atoms with Gasteiger partial charge in [0.15, 0.2) is 0 Å². The number of nitrogens with one attached hydrogen (secondary N) is 1. The van der Waals surface area contributed by atoms with Gasteiger partial charge in [-0.3, -0.25) is 0 Å². The fourth-order valence-electron chi connectivity index (χ4n) is 2.15. The third-order valence-electron chi connectivity index (χ3n) is 3.31. The van der Waals surface area contributed by atoms with Crippen LogP contribution in [0.15, 0.2) is 18.2 Å². The van der Waals surface area contributed by atoms with E-state index < -0.39 is 17.6 Å². The highest BCUT2D eigenvalue weighted by Gasteiger charge is 2.33. The largest absolute Gasteiger partial charge is 0.416 e. The molecule has 21 heavy (non-hydrogen) atoms. The molecule has 0 spiro atoms. The Morgan fingerprint density at radius 1 is 1.19 bits per heavy atom. The van der Waals surface area contributed by atoms with Gasteiger partial charge in [-0.25, -0.2) is 4.39 Å². The van der Waals surface area contributed by atoms with E-state index in [1.807, 2.05) is 13.8 Å². The number of benzene rings is 1. The van der Waals surface area contributed by atoms with Crippen LogP contribution in [0, 0.1) is 11.2 Å². The third-order valence-corrected chi connectivity index (χ3v) is 3.31. The van der Waals surface area contributed by atoms with Gasteiger partial charge in [-0.2, -0.15) is 13.2 Å². The quantitative estimate of drug-likeness (QED) is 0.752. The second kappa shape index (κ2) is 7.22. The molecule has 1 aromatic carbocycles. The van der Waals surface area contributed by atoms with E-state index in [4.69, 9.17) is 5.11 Å². The lowest BCUT2D eigenvalue weighted by Gasteiger charge is -2.25. The lowest BCUT2D eigenvalue weighted by atomic mass is 9.88. The summed E-state index contributed by atoms with van der Waals surface area (Å²) in [7, 11) is 0. The number of rotatable bonds is 7. The van der Waals surface area contributed by atoms with E-state index in [9.17, 15) is 17.6 Å². The van der Waals surface area contributed by atoms with E-state index in [0.717, 1.165) is 18.6 Å². The van der Waals surface area contributed by atoms with Crippen LogP contribution < -0.4 is 5.32 Å². The van der Waals surface area contributed by atoms with Gasteiger partial charge in [0.2, 0.25) is 0 Å². The first-order chi connectivity index (χ1) is 9.65. The monoisotopic (exact) mass is 307 g/mol. The molecule has 0 unspecified atom stereocenters. The normalized spacial score (nSPS) is 12.7. The van der Waals surface area contributed by atoms with Crippen molar-refractivity contribution in [3.05, 3.63) is 35.1 Å². The molecule has 1 aromatic rings. The number of alkyl halides is 3. The highest BCUT2D eigenvalue weighted by Crippen LogP contribution is 2.32. The Balaban J connectivity index is 2.68. The average molecular weight is 307 g/mol. The van der Waals surface area contributed by atoms with E-state index in [1.54, 1.807) is 0 Å². The lowest BCUT2D eigenvalue weighted by Crippen LogP contribution is -2.30. The zero-order valence-electron chi connectivity index (χ0n) is 12.2. The predicted octanol–water partition coefficient (Wildman–Crippen LogP) is 3.73. The molecule has 0 atom stereocenters. The summed E-state index contributed by atoms with van der Waals surface area (Å²) in [6, 6.07) is 2.71. The van der Waals surface area contributed by atoms with Crippen molar-refractivity contribution in [2.24, 2.45) is 5.41 Å². The van der Waals surface area contributed by atoms with Crippen LogP contribution in [-0.2, 0) is 12.7 Å². The maximum atomic E-state index is 13.0. The van der Waals surface area contributed by atoms with Crippen LogP contribution in [0.5, 0.6) is 0 Å². The summed E-state index contributed by atoms with van der Waals surface area (Å²) in [5.41, 5.74) is -1.04. The number of halogens is 4. The van der Waals surface area contributed by atoms with Gasteiger partial charge in [0.1, 0.15) is 5.82 Å². The number of aliphatic hydroxyl groups excluding tert-OH is 1. The van der Waals surface area contributed by atoms with Crippen molar-refractivity contribution in [3.63, 3.8) is 0 Å². The van der Waals surface area contributed by atoms with E-state index in [1.165, 1.54) is 0 Å². The Kier molecular flexibility index (Phi) is 6.16. The molecule has 0 bridgehead atoms. The summed E-state index contributed by atoms with van der Waals surface area (Å²) in [5.74, 6) is -0.894. The van der Waals surface area contributed by atoms with Crippen molar-refractivity contribution in [1.29, 1.82) is 0 Å². The highest BCUT2D eigenvalue weighted by atomic mass is 19.4. The Hall–Kier alpha value is -1.14.